The van der Waals surface area contributed by atoms with Crippen LogP contribution in [0.15, 0.2) is 67.0 Å². The lowest BCUT2D eigenvalue weighted by Gasteiger charge is -2.28. The van der Waals surface area contributed by atoms with Gasteiger partial charge in [0.25, 0.3) is 5.91 Å². The van der Waals surface area contributed by atoms with Crippen LogP contribution >= 0.6 is 0 Å². The minimum absolute atomic E-state index is 0.230. The van der Waals surface area contributed by atoms with Crippen LogP contribution in [0.2, 0.25) is 0 Å². The first-order valence-corrected chi connectivity index (χ1v) is 9.03. The quantitative estimate of drug-likeness (QED) is 0.705. The molecule has 1 amide bonds. The average Bonchev–Trinajstić information content (AvgIpc) is 2.68. The van der Waals surface area contributed by atoms with E-state index in [4.69, 9.17) is 0 Å². The number of anilines is 2. The van der Waals surface area contributed by atoms with Crippen LogP contribution in [0, 0.1) is 6.92 Å². The number of hydrogen-bond acceptors (Lipinski definition) is 4. The fourth-order valence-corrected chi connectivity index (χ4v) is 2.77. The van der Waals surface area contributed by atoms with Crippen molar-refractivity contribution in [2.45, 2.75) is 33.4 Å². The van der Waals surface area contributed by atoms with Crippen molar-refractivity contribution in [3.05, 3.63) is 83.8 Å². The molecule has 3 rings (SSSR count). The highest BCUT2D eigenvalue weighted by Crippen LogP contribution is 2.19. The standard InChI is InChI=1S/C22H24N4O/c1-16(2)26(14-18-7-5-4-6-8-18)21-13-20(23-15-24-21)22(27)25-19-11-9-17(3)10-12-19/h4-13,15-16H,14H2,1-3H3,(H,25,27). The molecule has 1 N–H and O–H groups in total. The van der Waals surface area contributed by atoms with E-state index < -0.39 is 0 Å². The van der Waals surface area contributed by atoms with E-state index in [0.717, 1.165) is 17.1 Å². The number of benzene rings is 2. The Hall–Kier alpha value is -3.21. The topological polar surface area (TPSA) is 58.1 Å². The number of aryl methyl sites for hydroxylation is 1. The van der Waals surface area contributed by atoms with Gasteiger partial charge in [0.1, 0.15) is 17.8 Å². The van der Waals surface area contributed by atoms with E-state index >= 15 is 0 Å². The molecular weight excluding hydrogens is 336 g/mol. The van der Waals surface area contributed by atoms with E-state index in [9.17, 15) is 4.79 Å². The molecule has 5 heteroatoms. The Morgan fingerprint density at radius 2 is 1.74 bits per heavy atom. The van der Waals surface area contributed by atoms with Gasteiger partial charge in [-0.3, -0.25) is 4.79 Å². The van der Waals surface area contributed by atoms with Crippen LogP contribution in [0.3, 0.4) is 0 Å². The summed E-state index contributed by atoms with van der Waals surface area (Å²) in [7, 11) is 0. The fraction of sp³-hybridized carbons (Fsp3) is 0.227. The molecule has 2 aromatic carbocycles. The molecule has 0 radical (unpaired) electrons. The SMILES string of the molecule is Cc1ccc(NC(=O)c2cc(N(Cc3ccccc3)C(C)C)ncn2)cc1. The molecule has 0 atom stereocenters. The summed E-state index contributed by atoms with van der Waals surface area (Å²) < 4.78 is 0. The van der Waals surface area contributed by atoms with Gasteiger partial charge in [-0.15, -0.1) is 0 Å². The van der Waals surface area contributed by atoms with Crippen LogP contribution in [0.1, 0.15) is 35.5 Å². The molecule has 0 aliphatic heterocycles. The van der Waals surface area contributed by atoms with Crippen LogP contribution < -0.4 is 10.2 Å². The van der Waals surface area contributed by atoms with Crippen molar-refractivity contribution in [2.75, 3.05) is 10.2 Å². The van der Waals surface area contributed by atoms with Gasteiger partial charge in [-0.05, 0) is 38.5 Å². The Morgan fingerprint density at radius 1 is 1.04 bits per heavy atom. The average molecular weight is 360 g/mol. The third-order valence-corrected chi connectivity index (χ3v) is 4.31. The molecule has 0 fully saturated rings. The first kappa shape index (κ1) is 18.6. The summed E-state index contributed by atoms with van der Waals surface area (Å²) in [5.74, 6) is 0.490. The Balaban J connectivity index is 1.80. The van der Waals surface area contributed by atoms with Crippen LogP contribution in [0.4, 0.5) is 11.5 Å². The Labute approximate surface area is 160 Å². The number of carbonyl (C=O) groups is 1. The second-order valence-corrected chi connectivity index (χ2v) is 6.79. The highest BCUT2D eigenvalue weighted by atomic mass is 16.1. The summed E-state index contributed by atoms with van der Waals surface area (Å²) in [5, 5.41) is 2.88. The third kappa shape index (κ3) is 4.91. The van der Waals surface area contributed by atoms with Crippen LogP contribution in [-0.4, -0.2) is 21.9 Å². The number of rotatable bonds is 6. The van der Waals surface area contributed by atoms with Gasteiger partial charge in [0.2, 0.25) is 0 Å². The minimum atomic E-state index is -0.245. The number of nitrogens with zero attached hydrogens (tertiary/aromatic N) is 3. The maximum absolute atomic E-state index is 12.6. The molecule has 3 aromatic rings. The van der Waals surface area contributed by atoms with E-state index in [1.165, 1.54) is 11.9 Å². The second kappa shape index (κ2) is 8.45. The zero-order valence-corrected chi connectivity index (χ0v) is 15.9. The van der Waals surface area contributed by atoms with Crippen LogP contribution in [0.25, 0.3) is 0 Å². The minimum Gasteiger partial charge on any atom is -0.350 e. The Bertz CT molecular complexity index is 892. The highest BCUT2D eigenvalue weighted by Gasteiger charge is 2.16. The zero-order chi connectivity index (χ0) is 19.2. The van der Waals surface area contributed by atoms with Gasteiger partial charge in [-0.25, -0.2) is 9.97 Å². The second-order valence-electron chi connectivity index (χ2n) is 6.79. The number of aromatic nitrogens is 2. The van der Waals surface area contributed by atoms with Gasteiger partial charge < -0.3 is 10.2 Å². The van der Waals surface area contributed by atoms with Crippen molar-refractivity contribution in [3.63, 3.8) is 0 Å². The third-order valence-electron chi connectivity index (χ3n) is 4.31. The van der Waals surface area contributed by atoms with Crippen molar-refractivity contribution in [1.29, 1.82) is 0 Å². The highest BCUT2D eigenvalue weighted by molar-refractivity contribution is 6.03. The maximum atomic E-state index is 12.6. The molecule has 27 heavy (non-hydrogen) atoms. The molecule has 5 nitrogen and oxygen atoms in total. The molecule has 0 unspecified atom stereocenters. The van der Waals surface area contributed by atoms with E-state index in [1.807, 2.05) is 49.4 Å². The van der Waals surface area contributed by atoms with E-state index in [0.29, 0.717) is 12.2 Å². The van der Waals surface area contributed by atoms with E-state index in [1.54, 1.807) is 6.07 Å². The van der Waals surface area contributed by atoms with Crippen LogP contribution in [0.5, 0.6) is 0 Å². The summed E-state index contributed by atoms with van der Waals surface area (Å²) in [6.45, 7) is 6.94. The number of amides is 1. The predicted octanol–water partition coefficient (Wildman–Crippen LogP) is 4.45. The molecule has 0 aliphatic carbocycles. The van der Waals surface area contributed by atoms with Crippen LogP contribution in [-0.2, 0) is 6.54 Å². The Morgan fingerprint density at radius 3 is 2.41 bits per heavy atom. The molecule has 0 bridgehead atoms. The largest absolute Gasteiger partial charge is 0.350 e. The molecule has 0 aliphatic rings. The van der Waals surface area contributed by atoms with Gasteiger partial charge in [0.05, 0.1) is 0 Å². The van der Waals surface area contributed by atoms with Crippen molar-refractivity contribution < 1.29 is 4.79 Å². The molecule has 0 saturated heterocycles. The van der Waals surface area contributed by atoms with E-state index in [2.05, 4.69) is 46.2 Å². The molecule has 138 valence electrons. The molecule has 0 spiro atoms. The van der Waals surface area contributed by atoms with Crippen molar-refractivity contribution in [3.8, 4) is 0 Å². The lowest BCUT2D eigenvalue weighted by Crippen LogP contribution is -2.31. The lowest BCUT2D eigenvalue weighted by atomic mass is 10.2. The molecule has 1 heterocycles. The van der Waals surface area contributed by atoms with E-state index in [-0.39, 0.29) is 11.9 Å². The van der Waals surface area contributed by atoms with Crippen molar-refractivity contribution in [2.24, 2.45) is 0 Å². The molecule has 0 saturated carbocycles. The van der Waals surface area contributed by atoms with Gasteiger partial charge in [-0.2, -0.15) is 0 Å². The molecule has 1 aromatic heterocycles. The smallest absolute Gasteiger partial charge is 0.274 e. The monoisotopic (exact) mass is 360 g/mol. The van der Waals surface area contributed by atoms with Gasteiger partial charge in [0.15, 0.2) is 0 Å². The maximum Gasteiger partial charge on any atom is 0.274 e. The number of nitrogens with one attached hydrogen (secondary N) is 1. The summed E-state index contributed by atoms with van der Waals surface area (Å²) in [6.07, 6.45) is 1.44. The van der Waals surface area contributed by atoms with Crippen molar-refractivity contribution in [1.82, 2.24) is 9.97 Å². The Kier molecular flexibility index (Phi) is 5.81. The first-order chi connectivity index (χ1) is 13.0. The predicted molar refractivity (Wildman–Crippen MR) is 109 cm³/mol. The van der Waals surface area contributed by atoms with Gasteiger partial charge >= 0.3 is 0 Å². The summed E-state index contributed by atoms with van der Waals surface area (Å²) in [4.78, 5) is 23.3. The number of hydrogen-bond donors (Lipinski definition) is 1. The first-order valence-electron chi connectivity index (χ1n) is 9.03. The summed E-state index contributed by atoms with van der Waals surface area (Å²) in [6, 6.07) is 19.9. The normalized spacial score (nSPS) is 10.7. The summed E-state index contributed by atoms with van der Waals surface area (Å²) >= 11 is 0. The summed E-state index contributed by atoms with van der Waals surface area (Å²) in [5.41, 5.74) is 3.43. The number of carbonyl (C=O) groups excluding carboxylic acids is 1. The zero-order valence-electron chi connectivity index (χ0n) is 15.9. The van der Waals surface area contributed by atoms with Crippen molar-refractivity contribution >= 4 is 17.4 Å². The molecular formula is C22H24N4O. The lowest BCUT2D eigenvalue weighted by molar-refractivity contribution is 0.102. The fourth-order valence-electron chi connectivity index (χ4n) is 2.77. The van der Waals surface area contributed by atoms with Gasteiger partial charge in [-0.1, -0.05) is 48.0 Å². The van der Waals surface area contributed by atoms with Gasteiger partial charge in [0, 0.05) is 24.3 Å².